The van der Waals surface area contributed by atoms with Gasteiger partial charge in [0.05, 0.1) is 16.6 Å². The van der Waals surface area contributed by atoms with Gasteiger partial charge in [0.1, 0.15) is 0 Å². The average molecular weight is 325 g/mol. The first-order valence-electron chi connectivity index (χ1n) is 7.32. The van der Waals surface area contributed by atoms with Crippen LogP contribution < -0.4 is 10.6 Å². The number of pyridine rings is 1. The first kappa shape index (κ1) is 16.7. The summed E-state index contributed by atoms with van der Waals surface area (Å²) < 4.78 is 5.24. The van der Waals surface area contributed by atoms with Crippen molar-refractivity contribution >= 4 is 29.4 Å². The Bertz CT molecular complexity index is 679. The summed E-state index contributed by atoms with van der Waals surface area (Å²) in [6.45, 7) is 8.54. The molecule has 0 aliphatic carbocycles. The van der Waals surface area contributed by atoms with Gasteiger partial charge in [-0.25, -0.2) is 4.98 Å². The summed E-state index contributed by atoms with van der Waals surface area (Å²) in [7, 11) is 0. The molecule has 0 unspecified atom stereocenters. The van der Waals surface area contributed by atoms with Crippen LogP contribution >= 0.6 is 12.4 Å². The number of aromatic nitrogens is 2. The zero-order chi connectivity index (χ0) is 15.0. The summed E-state index contributed by atoms with van der Waals surface area (Å²) in [5.74, 6) is 0.670. The minimum atomic E-state index is -0.0810. The molecular weight excluding hydrogens is 304 g/mol. The molecule has 7 heteroatoms. The zero-order valence-electron chi connectivity index (χ0n) is 13.0. The second kappa shape index (κ2) is 6.62. The third kappa shape index (κ3) is 3.08. The third-order valence-electron chi connectivity index (χ3n) is 3.89. The molecule has 0 atom stereocenters. The van der Waals surface area contributed by atoms with E-state index >= 15 is 0 Å². The molecule has 1 aliphatic heterocycles. The molecule has 120 valence electrons. The molecule has 2 aromatic heterocycles. The van der Waals surface area contributed by atoms with Gasteiger partial charge >= 0.3 is 0 Å². The second-order valence-electron chi connectivity index (χ2n) is 5.93. The molecule has 0 bridgehead atoms. The van der Waals surface area contributed by atoms with Crippen molar-refractivity contribution in [2.75, 3.05) is 19.6 Å². The number of aryl methyl sites for hydroxylation is 1. The number of carbonyl (C=O) groups excluding carboxylic acids is 1. The molecule has 6 nitrogen and oxygen atoms in total. The van der Waals surface area contributed by atoms with Gasteiger partial charge in [0.2, 0.25) is 0 Å². The highest BCUT2D eigenvalue weighted by Crippen LogP contribution is 2.25. The van der Waals surface area contributed by atoms with Gasteiger partial charge in [0.25, 0.3) is 11.6 Å². The maximum Gasteiger partial charge on any atom is 0.259 e. The van der Waals surface area contributed by atoms with Crippen LogP contribution in [-0.2, 0) is 0 Å². The van der Waals surface area contributed by atoms with Crippen LogP contribution in [0.4, 0.5) is 0 Å². The molecule has 0 radical (unpaired) electrons. The first-order valence-corrected chi connectivity index (χ1v) is 7.32. The molecule has 1 aliphatic rings. The molecule has 1 fully saturated rings. The molecule has 3 heterocycles. The van der Waals surface area contributed by atoms with E-state index in [-0.39, 0.29) is 24.2 Å². The first-order chi connectivity index (χ1) is 10.1. The number of hydrogen-bond donors (Lipinski definition) is 2. The predicted molar refractivity (Wildman–Crippen MR) is 86.6 cm³/mol. The van der Waals surface area contributed by atoms with Crippen LogP contribution in [0.15, 0.2) is 10.6 Å². The lowest BCUT2D eigenvalue weighted by Gasteiger charge is -2.27. The summed E-state index contributed by atoms with van der Waals surface area (Å²) in [6, 6.07) is 1.85. The summed E-state index contributed by atoms with van der Waals surface area (Å²) in [6.07, 6.45) is 0. The highest BCUT2D eigenvalue weighted by Gasteiger charge is 2.22. The van der Waals surface area contributed by atoms with Gasteiger partial charge < -0.3 is 15.2 Å². The number of nitrogens with zero attached hydrogens (tertiary/aromatic N) is 2. The Kier molecular flexibility index (Phi) is 5.03. The number of rotatable bonds is 4. The second-order valence-corrected chi connectivity index (χ2v) is 5.93. The minimum Gasteiger partial charge on any atom is -0.352 e. The van der Waals surface area contributed by atoms with E-state index in [9.17, 15) is 4.79 Å². The minimum absolute atomic E-state index is 0. The number of carbonyl (C=O) groups is 1. The van der Waals surface area contributed by atoms with Crippen molar-refractivity contribution in [1.82, 2.24) is 20.8 Å². The van der Waals surface area contributed by atoms with Crippen molar-refractivity contribution in [2.45, 2.75) is 26.7 Å². The Morgan fingerprint density at radius 2 is 2.23 bits per heavy atom. The van der Waals surface area contributed by atoms with Crippen molar-refractivity contribution in [3.63, 3.8) is 0 Å². The molecule has 2 N–H and O–H groups in total. The standard InChI is InChI=1S/C15H20N4O2.ClH/c1-8(2)12-4-11(13-9(3)19-21-15(13)18-12)14(20)17-7-10-5-16-6-10;/h4,8,10,16H,5-7H2,1-3H3,(H,17,20);1H. The van der Waals surface area contributed by atoms with Crippen LogP contribution in [-0.4, -0.2) is 35.7 Å². The maximum absolute atomic E-state index is 12.5. The van der Waals surface area contributed by atoms with E-state index < -0.39 is 0 Å². The van der Waals surface area contributed by atoms with Crippen LogP contribution in [0.5, 0.6) is 0 Å². The number of hydrogen-bond acceptors (Lipinski definition) is 5. The van der Waals surface area contributed by atoms with E-state index in [2.05, 4.69) is 20.8 Å². The van der Waals surface area contributed by atoms with E-state index in [0.29, 0.717) is 34.8 Å². The largest absolute Gasteiger partial charge is 0.352 e. The number of amides is 1. The SMILES string of the molecule is Cc1noc2nc(C(C)C)cc(C(=O)NCC3CNC3)c12.Cl. The third-order valence-corrected chi connectivity index (χ3v) is 3.89. The fraction of sp³-hybridized carbons (Fsp3) is 0.533. The lowest BCUT2D eigenvalue weighted by Crippen LogP contribution is -2.48. The lowest BCUT2D eigenvalue weighted by atomic mass is 10.0. The fourth-order valence-corrected chi connectivity index (χ4v) is 2.41. The van der Waals surface area contributed by atoms with Crippen LogP contribution in [0.1, 0.15) is 41.5 Å². The maximum atomic E-state index is 12.5. The fourth-order valence-electron chi connectivity index (χ4n) is 2.41. The van der Waals surface area contributed by atoms with E-state index in [1.807, 2.05) is 26.8 Å². The molecule has 0 saturated carbocycles. The normalized spacial score (nSPS) is 14.7. The topological polar surface area (TPSA) is 80.0 Å². The van der Waals surface area contributed by atoms with Crippen LogP contribution in [0.25, 0.3) is 11.1 Å². The van der Waals surface area contributed by atoms with E-state index in [1.54, 1.807) is 0 Å². The van der Waals surface area contributed by atoms with Crippen molar-refractivity contribution in [3.05, 3.63) is 23.0 Å². The van der Waals surface area contributed by atoms with Crippen LogP contribution in [0.3, 0.4) is 0 Å². The summed E-state index contributed by atoms with van der Waals surface area (Å²) >= 11 is 0. The van der Waals surface area contributed by atoms with Gasteiger partial charge in [-0.1, -0.05) is 19.0 Å². The van der Waals surface area contributed by atoms with E-state index in [1.165, 1.54) is 0 Å². The Labute approximate surface area is 135 Å². The highest BCUT2D eigenvalue weighted by molar-refractivity contribution is 6.06. The van der Waals surface area contributed by atoms with Gasteiger partial charge in [-0.2, -0.15) is 0 Å². The Hall–Kier alpha value is -1.66. The number of nitrogens with one attached hydrogen (secondary N) is 2. The molecule has 22 heavy (non-hydrogen) atoms. The van der Waals surface area contributed by atoms with Crippen molar-refractivity contribution in [3.8, 4) is 0 Å². The van der Waals surface area contributed by atoms with Gasteiger partial charge in [0.15, 0.2) is 0 Å². The molecule has 0 aromatic carbocycles. The van der Waals surface area contributed by atoms with Gasteiger partial charge in [0, 0.05) is 31.2 Å². The Morgan fingerprint density at radius 3 is 2.82 bits per heavy atom. The predicted octanol–water partition coefficient (Wildman–Crippen LogP) is 2.03. The Balaban J connectivity index is 0.00000176. The molecule has 2 aromatic rings. The monoisotopic (exact) mass is 324 g/mol. The van der Waals surface area contributed by atoms with Gasteiger partial charge in [-0.05, 0) is 18.9 Å². The van der Waals surface area contributed by atoms with E-state index in [0.717, 1.165) is 18.8 Å². The van der Waals surface area contributed by atoms with Crippen molar-refractivity contribution < 1.29 is 9.32 Å². The van der Waals surface area contributed by atoms with E-state index in [4.69, 9.17) is 4.52 Å². The van der Waals surface area contributed by atoms with Gasteiger partial charge in [-0.15, -0.1) is 12.4 Å². The van der Waals surface area contributed by atoms with Crippen LogP contribution in [0, 0.1) is 12.8 Å². The molecule has 1 amide bonds. The summed E-state index contributed by atoms with van der Waals surface area (Å²) in [5.41, 5.74) is 2.58. The number of halogens is 1. The average Bonchev–Trinajstić information content (AvgIpc) is 2.77. The molecule has 3 rings (SSSR count). The molecule has 1 saturated heterocycles. The Morgan fingerprint density at radius 1 is 1.50 bits per heavy atom. The smallest absolute Gasteiger partial charge is 0.259 e. The van der Waals surface area contributed by atoms with Crippen molar-refractivity contribution in [1.29, 1.82) is 0 Å². The summed E-state index contributed by atoms with van der Waals surface area (Å²) in [4.78, 5) is 16.9. The summed E-state index contributed by atoms with van der Waals surface area (Å²) in [5, 5.41) is 10.8. The van der Waals surface area contributed by atoms with Gasteiger partial charge in [-0.3, -0.25) is 4.79 Å². The number of fused-ring (bicyclic) bond motifs is 1. The highest BCUT2D eigenvalue weighted by atomic mass is 35.5. The van der Waals surface area contributed by atoms with Crippen molar-refractivity contribution in [2.24, 2.45) is 5.92 Å². The molecular formula is C15H21ClN4O2. The quantitative estimate of drug-likeness (QED) is 0.899. The molecule has 0 spiro atoms. The lowest BCUT2D eigenvalue weighted by molar-refractivity contribution is 0.0943. The zero-order valence-corrected chi connectivity index (χ0v) is 13.8. The van der Waals surface area contributed by atoms with Crippen LogP contribution in [0.2, 0.25) is 0 Å².